The number of carboxylic acid groups (broad SMARTS) is 1. The van der Waals surface area contributed by atoms with Gasteiger partial charge in [-0.15, -0.1) is 11.3 Å². The quantitative estimate of drug-likeness (QED) is 0.803. The van der Waals surface area contributed by atoms with Crippen molar-refractivity contribution in [3.63, 3.8) is 0 Å². The van der Waals surface area contributed by atoms with Gasteiger partial charge in [-0.2, -0.15) is 0 Å². The number of halogens is 1. The Balaban J connectivity index is 2.27. The van der Waals surface area contributed by atoms with Gasteiger partial charge in [0.25, 0.3) is 0 Å². The van der Waals surface area contributed by atoms with E-state index in [1.165, 1.54) is 11.3 Å². The molecule has 0 unspecified atom stereocenters. The Morgan fingerprint density at radius 1 is 1.40 bits per heavy atom. The van der Waals surface area contributed by atoms with Crippen LogP contribution in [0.3, 0.4) is 0 Å². The van der Waals surface area contributed by atoms with Crippen molar-refractivity contribution in [1.82, 2.24) is 9.38 Å². The zero-order chi connectivity index (χ0) is 14.3. The predicted octanol–water partition coefficient (Wildman–Crippen LogP) is 3.65. The van der Waals surface area contributed by atoms with E-state index in [-0.39, 0.29) is 6.42 Å². The minimum Gasteiger partial charge on any atom is -0.481 e. The highest BCUT2D eigenvalue weighted by Crippen LogP contribution is 2.33. The standard InChI is InChI=1S/C14H11ClN2O2S/c1-8-2-5-12-16-14(10-3-4-11(15)20-10)9(6-13(18)19)17(12)7-8/h2-5,7H,6H2,1H3,(H,18,19). The Bertz CT molecular complexity index is 807. The van der Waals surface area contributed by atoms with E-state index in [2.05, 4.69) is 4.98 Å². The van der Waals surface area contributed by atoms with E-state index in [1.54, 1.807) is 6.07 Å². The van der Waals surface area contributed by atoms with Crippen molar-refractivity contribution in [3.05, 3.63) is 46.1 Å². The molecule has 0 radical (unpaired) electrons. The summed E-state index contributed by atoms with van der Waals surface area (Å²) < 4.78 is 2.50. The fraction of sp³-hybridized carbons (Fsp3) is 0.143. The molecule has 3 heterocycles. The predicted molar refractivity (Wildman–Crippen MR) is 79.6 cm³/mol. The van der Waals surface area contributed by atoms with Gasteiger partial charge in [-0.25, -0.2) is 4.98 Å². The van der Waals surface area contributed by atoms with E-state index in [9.17, 15) is 4.79 Å². The number of aromatic nitrogens is 2. The lowest BCUT2D eigenvalue weighted by Gasteiger charge is -2.02. The molecule has 3 rings (SSSR count). The molecular weight excluding hydrogens is 296 g/mol. The van der Waals surface area contributed by atoms with Crippen LogP contribution in [-0.4, -0.2) is 20.5 Å². The van der Waals surface area contributed by atoms with Crippen molar-refractivity contribution in [2.45, 2.75) is 13.3 Å². The highest BCUT2D eigenvalue weighted by atomic mass is 35.5. The summed E-state index contributed by atoms with van der Waals surface area (Å²) in [7, 11) is 0. The van der Waals surface area contributed by atoms with Gasteiger partial charge in [0.1, 0.15) is 11.3 Å². The first-order valence-electron chi connectivity index (χ1n) is 5.99. The van der Waals surface area contributed by atoms with Crippen LogP contribution in [0.1, 0.15) is 11.3 Å². The maximum absolute atomic E-state index is 11.1. The first kappa shape index (κ1) is 13.1. The van der Waals surface area contributed by atoms with Gasteiger partial charge in [0, 0.05) is 6.20 Å². The molecule has 6 heteroatoms. The number of aliphatic carboxylic acids is 1. The number of nitrogens with zero attached hydrogens (tertiary/aromatic N) is 2. The number of fused-ring (bicyclic) bond motifs is 1. The van der Waals surface area contributed by atoms with Crippen LogP contribution in [0.15, 0.2) is 30.5 Å². The molecule has 0 aliphatic carbocycles. The van der Waals surface area contributed by atoms with Crippen molar-refractivity contribution in [2.24, 2.45) is 0 Å². The summed E-state index contributed by atoms with van der Waals surface area (Å²) in [5.74, 6) is -0.878. The van der Waals surface area contributed by atoms with Crippen LogP contribution >= 0.6 is 22.9 Å². The van der Waals surface area contributed by atoms with E-state index in [0.29, 0.717) is 15.7 Å². The van der Waals surface area contributed by atoms with E-state index < -0.39 is 5.97 Å². The van der Waals surface area contributed by atoms with Gasteiger partial charge in [-0.05, 0) is 30.7 Å². The molecule has 0 amide bonds. The number of rotatable bonds is 3. The number of pyridine rings is 1. The van der Waals surface area contributed by atoms with Crippen LogP contribution < -0.4 is 0 Å². The van der Waals surface area contributed by atoms with E-state index in [4.69, 9.17) is 16.7 Å². The Labute approximate surface area is 124 Å². The number of aryl methyl sites for hydroxylation is 1. The van der Waals surface area contributed by atoms with Crippen LogP contribution in [0, 0.1) is 6.92 Å². The van der Waals surface area contributed by atoms with Gasteiger partial charge < -0.3 is 9.51 Å². The number of carbonyl (C=O) groups is 1. The van der Waals surface area contributed by atoms with Crippen LogP contribution in [0.2, 0.25) is 4.34 Å². The Morgan fingerprint density at radius 3 is 2.85 bits per heavy atom. The first-order valence-corrected chi connectivity index (χ1v) is 7.19. The largest absolute Gasteiger partial charge is 0.481 e. The molecule has 20 heavy (non-hydrogen) atoms. The summed E-state index contributed by atoms with van der Waals surface area (Å²) in [5, 5.41) is 9.13. The molecule has 0 saturated carbocycles. The second kappa shape index (κ2) is 4.92. The number of thiophene rings is 1. The highest BCUT2D eigenvalue weighted by molar-refractivity contribution is 7.19. The molecule has 0 fully saturated rings. The number of imidazole rings is 1. The smallest absolute Gasteiger partial charge is 0.309 e. The second-order valence-electron chi connectivity index (χ2n) is 4.52. The molecular formula is C14H11ClN2O2S. The monoisotopic (exact) mass is 306 g/mol. The number of hydrogen-bond acceptors (Lipinski definition) is 3. The number of hydrogen-bond donors (Lipinski definition) is 1. The van der Waals surface area contributed by atoms with Gasteiger partial charge in [0.05, 0.1) is 21.3 Å². The molecule has 3 aromatic rings. The second-order valence-corrected chi connectivity index (χ2v) is 6.23. The normalized spacial score (nSPS) is 11.1. The topological polar surface area (TPSA) is 54.6 Å². The zero-order valence-electron chi connectivity index (χ0n) is 10.6. The Hall–Kier alpha value is -1.85. The molecule has 102 valence electrons. The highest BCUT2D eigenvalue weighted by Gasteiger charge is 2.18. The third kappa shape index (κ3) is 2.30. The minimum atomic E-state index is -0.878. The summed E-state index contributed by atoms with van der Waals surface area (Å²) in [4.78, 5) is 16.5. The van der Waals surface area contributed by atoms with Crippen molar-refractivity contribution in [2.75, 3.05) is 0 Å². The van der Waals surface area contributed by atoms with Gasteiger partial charge in [-0.1, -0.05) is 17.7 Å². The summed E-state index contributed by atoms with van der Waals surface area (Å²) in [5.41, 5.74) is 3.16. The molecule has 0 bridgehead atoms. The van der Waals surface area contributed by atoms with Crippen molar-refractivity contribution >= 4 is 34.6 Å². The molecule has 0 aromatic carbocycles. The minimum absolute atomic E-state index is 0.0739. The molecule has 1 N–H and O–H groups in total. The molecule has 0 atom stereocenters. The molecule has 0 saturated heterocycles. The fourth-order valence-electron chi connectivity index (χ4n) is 2.15. The van der Waals surface area contributed by atoms with Crippen LogP contribution in [0.5, 0.6) is 0 Å². The summed E-state index contributed by atoms with van der Waals surface area (Å²) in [6.45, 7) is 1.96. The van der Waals surface area contributed by atoms with Crippen LogP contribution in [0.25, 0.3) is 16.2 Å². The lowest BCUT2D eigenvalue weighted by Crippen LogP contribution is -2.04. The molecule has 4 nitrogen and oxygen atoms in total. The van der Waals surface area contributed by atoms with Crippen LogP contribution in [-0.2, 0) is 11.2 Å². The first-order chi connectivity index (χ1) is 9.54. The number of carboxylic acids is 1. The van der Waals surface area contributed by atoms with E-state index in [1.807, 2.05) is 35.7 Å². The van der Waals surface area contributed by atoms with Gasteiger partial charge >= 0.3 is 5.97 Å². The molecule has 0 aliphatic heterocycles. The summed E-state index contributed by atoms with van der Waals surface area (Å²) in [6, 6.07) is 7.51. The third-order valence-electron chi connectivity index (χ3n) is 2.99. The fourth-order valence-corrected chi connectivity index (χ4v) is 3.21. The summed E-state index contributed by atoms with van der Waals surface area (Å²) >= 11 is 7.36. The lowest BCUT2D eigenvalue weighted by atomic mass is 10.2. The molecule has 3 aromatic heterocycles. The molecule has 0 aliphatic rings. The van der Waals surface area contributed by atoms with Gasteiger partial charge in [0.2, 0.25) is 0 Å². The summed E-state index contributed by atoms with van der Waals surface area (Å²) in [6.07, 6.45) is 1.83. The zero-order valence-corrected chi connectivity index (χ0v) is 12.2. The molecule has 0 spiro atoms. The van der Waals surface area contributed by atoms with E-state index in [0.717, 1.165) is 16.1 Å². The van der Waals surface area contributed by atoms with Crippen molar-refractivity contribution in [1.29, 1.82) is 0 Å². The Morgan fingerprint density at radius 2 is 2.20 bits per heavy atom. The average molecular weight is 307 g/mol. The van der Waals surface area contributed by atoms with Gasteiger partial charge in [0.15, 0.2) is 0 Å². The van der Waals surface area contributed by atoms with Crippen molar-refractivity contribution in [3.8, 4) is 10.6 Å². The van der Waals surface area contributed by atoms with Crippen molar-refractivity contribution < 1.29 is 9.90 Å². The van der Waals surface area contributed by atoms with Gasteiger partial charge in [-0.3, -0.25) is 4.79 Å². The maximum Gasteiger partial charge on any atom is 0.309 e. The Kier molecular flexibility index (Phi) is 3.23. The third-order valence-corrected chi connectivity index (χ3v) is 4.23. The average Bonchev–Trinajstić information content (AvgIpc) is 2.94. The van der Waals surface area contributed by atoms with E-state index >= 15 is 0 Å². The maximum atomic E-state index is 11.1. The lowest BCUT2D eigenvalue weighted by molar-refractivity contribution is -0.136. The van der Waals surface area contributed by atoms with Crippen LogP contribution in [0.4, 0.5) is 0 Å². The SMILES string of the molecule is Cc1ccc2nc(-c3ccc(Cl)s3)c(CC(=O)O)n2c1.